The fraction of sp³-hybridized carbons (Fsp3) is 0.769. The van der Waals surface area contributed by atoms with Crippen molar-refractivity contribution in [3.8, 4) is 0 Å². The minimum atomic E-state index is 0.241. The maximum Gasteiger partial charge on any atom is 0.223 e. The zero-order valence-electron chi connectivity index (χ0n) is 10.3. The Labute approximate surface area is 103 Å². The van der Waals surface area contributed by atoms with E-state index in [1.54, 1.807) is 0 Å². The highest BCUT2D eigenvalue weighted by Gasteiger charge is 2.57. The number of carbonyl (C=O) groups excluding carboxylic acids is 1. The second-order valence-corrected chi connectivity index (χ2v) is 5.05. The van der Waals surface area contributed by atoms with Gasteiger partial charge < -0.3 is 15.4 Å². The third-order valence-corrected chi connectivity index (χ3v) is 3.96. The Morgan fingerprint density at radius 3 is 3.00 bits per heavy atom. The van der Waals surface area contributed by atoms with Crippen molar-refractivity contribution in [1.82, 2.24) is 10.6 Å². The smallest absolute Gasteiger partial charge is 0.223 e. The molecule has 0 bridgehead atoms. The first kappa shape index (κ1) is 12.4. The molecule has 4 heteroatoms. The molecule has 1 amide bonds. The van der Waals surface area contributed by atoms with Gasteiger partial charge in [-0.1, -0.05) is 6.58 Å². The SMILES string of the molecule is C=COCCCNC(=O)C1CC12CCNCC2. The Hall–Kier alpha value is -1.03. The third kappa shape index (κ3) is 3.00. The number of rotatable bonds is 6. The molecule has 1 saturated heterocycles. The summed E-state index contributed by atoms with van der Waals surface area (Å²) in [6.07, 6.45) is 5.69. The Bertz CT molecular complexity index is 285. The molecule has 2 fully saturated rings. The highest BCUT2D eigenvalue weighted by atomic mass is 16.5. The van der Waals surface area contributed by atoms with E-state index in [-0.39, 0.29) is 11.8 Å². The summed E-state index contributed by atoms with van der Waals surface area (Å²) >= 11 is 0. The first-order chi connectivity index (χ1) is 8.28. The Morgan fingerprint density at radius 1 is 1.53 bits per heavy atom. The highest BCUT2D eigenvalue weighted by Crippen LogP contribution is 2.58. The summed E-state index contributed by atoms with van der Waals surface area (Å²) in [5, 5.41) is 6.35. The number of carbonyl (C=O) groups is 1. The first-order valence-corrected chi connectivity index (χ1v) is 6.49. The monoisotopic (exact) mass is 238 g/mol. The van der Waals surface area contributed by atoms with E-state index in [0.717, 1.165) is 38.8 Å². The molecule has 1 unspecified atom stereocenters. The van der Waals surface area contributed by atoms with E-state index in [1.807, 2.05) is 0 Å². The molecule has 4 nitrogen and oxygen atoms in total. The van der Waals surface area contributed by atoms with Crippen molar-refractivity contribution < 1.29 is 9.53 Å². The topological polar surface area (TPSA) is 50.4 Å². The van der Waals surface area contributed by atoms with Gasteiger partial charge in [-0.15, -0.1) is 0 Å². The fourth-order valence-electron chi connectivity index (χ4n) is 2.77. The molecule has 1 aliphatic carbocycles. The van der Waals surface area contributed by atoms with Crippen LogP contribution in [0.3, 0.4) is 0 Å². The summed E-state index contributed by atoms with van der Waals surface area (Å²) in [5.74, 6) is 0.510. The van der Waals surface area contributed by atoms with Gasteiger partial charge >= 0.3 is 0 Å². The van der Waals surface area contributed by atoms with Crippen LogP contribution in [0.25, 0.3) is 0 Å². The molecule has 17 heavy (non-hydrogen) atoms. The Balaban J connectivity index is 1.63. The quantitative estimate of drug-likeness (QED) is 0.537. The first-order valence-electron chi connectivity index (χ1n) is 6.49. The molecule has 2 N–H and O–H groups in total. The van der Waals surface area contributed by atoms with Crippen molar-refractivity contribution in [2.45, 2.75) is 25.7 Å². The van der Waals surface area contributed by atoms with Crippen molar-refractivity contribution in [2.75, 3.05) is 26.2 Å². The summed E-state index contributed by atoms with van der Waals surface area (Å²) in [7, 11) is 0. The summed E-state index contributed by atoms with van der Waals surface area (Å²) < 4.78 is 5.01. The Morgan fingerprint density at radius 2 is 2.29 bits per heavy atom. The van der Waals surface area contributed by atoms with E-state index in [1.165, 1.54) is 6.26 Å². The van der Waals surface area contributed by atoms with Crippen molar-refractivity contribution in [3.63, 3.8) is 0 Å². The van der Waals surface area contributed by atoms with Crippen LogP contribution in [0, 0.1) is 11.3 Å². The second-order valence-electron chi connectivity index (χ2n) is 5.05. The number of nitrogens with one attached hydrogen (secondary N) is 2. The number of amides is 1. The van der Waals surface area contributed by atoms with Gasteiger partial charge in [-0.2, -0.15) is 0 Å². The van der Waals surface area contributed by atoms with Gasteiger partial charge in [0.2, 0.25) is 5.91 Å². The van der Waals surface area contributed by atoms with Gasteiger partial charge in [0.15, 0.2) is 0 Å². The van der Waals surface area contributed by atoms with E-state index >= 15 is 0 Å². The normalized spacial score (nSPS) is 25.3. The average Bonchev–Trinajstić information content (AvgIpc) is 3.03. The van der Waals surface area contributed by atoms with Crippen LogP contribution in [0.4, 0.5) is 0 Å². The predicted molar refractivity (Wildman–Crippen MR) is 66.4 cm³/mol. The van der Waals surface area contributed by atoms with Gasteiger partial charge in [0.05, 0.1) is 12.9 Å². The van der Waals surface area contributed by atoms with Crippen LogP contribution in [-0.2, 0) is 9.53 Å². The van der Waals surface area contributed by atoms with Gasteiger partial charge in [-0.05, 0) is 44.2 Å². The molecule has 0 aromatic rings. The van der Waals surface area contributed by atoms with Crippen molar-refractivity contribution in [3.05, 3.63) is 12.8 Å². The molecule has 96 valence electrons. The lowest BCUT2D eigenvalue weighted by molar-refractivity contribution is -0.123. The molecule has 1 heterocycles. The zero-order valence-corrected chi connectivity index (χ0v) is 10.3. The lowest BCUT2D eigenvalue weighted by Gasteiger charge is -2.23. The molecule has 1 atom stereocenters. The molecular formula is C13H22N2O2. The highest BCUT2D eigenvalue weighted by molar-refractivity contribution is 5.82. The van der Waals surface area contributed by atoms with Crippen molar-refractivity contribution in [2.24, 2.45) is 11.3 Å². The van der Waals surface area contributed by atoms with Gasteiger partial charge in [0.25, 0.3) is 0 Å². The fourth-order valence-corrected chi connectivity index (χ4v) is 2.77. The van der Waals surface area contributed by atoms with E-state index in [2.05, 4.69) is 17.2 Å². The van der Waals surface area contributed by atoms with E-state index < -0.39 is 0 Å². The van der Waals surface area contributed by atoms with Crippen LogP contribution in [0.5, 0.6) is 0 Å². The second kappa shape index (κ2) is 5.54. The van der Waals surface area contributed by atoms with Crippen LogP contribution in [0.1, 0.15) is 25.7 Å². The van der Waals surface area contributed by atoms with Gasteiger partial charge in [0, 0.05) is 12.5 Å². The zero-order chi connectivity index (χ0) is 12.1. The van der Waals surface area contributed by atoms with Gasteiger partial charge in [-0.3, -0.25) is 4.79 Å². The van der Waals surface area contributed by atoms with Crippen molar-refractivity contribution >= 4 is 5.91 Å². The number of hydrogen-bond acceptors (Lipinski definition) is 3. The van der Waals surface area contributed by atoms with Crippen LogP contribution >= 0.6 is 0 Å². The summed E-state index contributed by atoms with van der Waals surface area (Å²) in [5.41, 5.74) is 0.340. The summed E-state index contributed by atoms with van der Waals surface area (Å²) in [4.78, 5) is 11.9. The lowest BCUT2D eigenvalue weighted by atomic mass is 9.92. The molecule has 1 spiro atoms. The van der Waals surface area contributed by atoms with Crippen molar-refractivity contribution in [1.29, 1.82) is 0 Å². The van der Waals surface area contributed by atoms with Gasteiger partial charge in [-0.25, -0.2) is 0 Å². The third-order valence-electron chi connectivity index (χ3n) is 3.96. The molecule has 1 saturated carbocycles. The van der Waals surface area contributed by atoms with E-state index in [9.17, 15) is 4.79 Å². The summed E-state index contributed by atoms with van der Waals surface area (Å²) in [6.45, 7) is 6.94. The van der Waals surface area contributed by atoms with Crippen LogP contribution in [-0.4, -0.2) is 32.1 Å². The minimum absolute atomic E-state index is 0.241. The van der Waals surface area contributed by atoms with Crippen LogP contribution < -0.4 is 10.6 Å². The van der Waals surface area contributed by atoms with E-state index in [0.29, 0.717) is 18.6 Å². The molecule has 2 aliphatic rings. The number of ether oxygens (including phenoxy) is 1. The standard InChI is InChI=1S/C13H22N2O2/c1-2-17-9-3-6-15-12(16)11-10-13(11)4-7-14-8-5-13/h2,11,14H,1,3-10H2,(H,15,16). The largest absolute Gasteiger partial charge is 0.502 e. The molecule has 0 aromatic heterocycles. The van der Waals surface area contributed by atoms with Gasteiger partial charge in [0.1, 0.15) is 0 Å². The number of piperidine rings is 1. The lowest BCUT2D eigenvalue weighted by Crippen LogP contribution is -2.34. The molecule has 0 radical (unpaired) electrons. The van der Waals surface area contributed by atoms with E-state index in [4.69, 9.17) is 4.74 Å². The Kier molecular flexibility index (Phi) is 4.05. The summed E-state index contributed by atoms with van der Waals surface area (Å²) in [6, 6.07) is 0. The molecule has 0 aromatic carbocycles. The van der Waals surface area contributed by atoms with Crippen LogP contribution in [0.2, 0.25) is 0 Å². The number of hydrogen-bond donors (Lipinski definition) is 2. The maximum atomic E-state index is 11.9. The molecule has 2 rings (SSSR count). The average molecular weight is 238 g/mol. The molecule has 1 aliphatic heterocycles. The van der Waals surface area contributed by atoms with Crippen LogP contribution in [0.15, 0.2) is 12.8 Å². The maximum absolute atomic E-state index is 11.9. The molecular weight excluding hydrogens is 216 g/mol. The minimum Gasteiger partial charge on any atom is -0.502 e. The predicted octanol–water partition coefficient (Wildman–Crippen LogP) is 1.04.